The van der Waals surface area contributed by atoms with Crippen molar-refractivity contribution < 1.29 is 0 Å². The minimum atomic E-state index is 0.703. The SMILES string of the molecule is CC(C)CCn1cnc2cncnc21. The first-order chi connectivity index (χ1) is 6.77. The summed E-state index contributed by atoms with van der Waals surface area (Å²) in [5.74, 6) is 0.703. The van der Waals surface area contributed by atoms with E-state index in [4.69, 9.17) is 0 Å². The molecular weight excluding hydrogens is 176 g/mol. The van der Waals surface area contributed by atoms with E-state index in [-0.39, 0.29) is 0 Å². The first kappa shape index (κ1) is 9.12. The van der Waals surface area contributed by atoms with Crippen molar-refractivity contribution >= 4 is 11.2 Å². The minimum absolute atomic E-state index is 0.703. The lowest BCUT2D eigenvalue weighted by molar-refractivity contribution is 0.521. The topological polar surface area (TPSA) is 43.6 Å². The van der Waals surface area contributed by atoms with Crippen LogP contribution in [-0.4, -0.2) is 19.5 Å². The Bertz CT molecular complexity index is 419. The third kappa shape index (κ3) is 1.73. The third-order valence-electron chi connectivity index (χ3n) is 2.23. The van der Waals surface area contributed by atoms with Crippen LogP contribution in [0.2, 0.25) is 0 Å². The van der Waals surface area contributed by atoms with Crippen molar-refractivity contribution in [2.45, 2.75) is 26.8 Å². The molecule has 0 N–H and O–H groups in total. The molecule has 2 aromatic rings. The van der Waals surface area contributed by atoms with Crippen molar-refractivity contribution in [3.8, 4) is 0 Å². The number of hydrogen-bond acceptors (Lipinski definition) is 3. The molecule has 4 heteroatoms. The molecule has 2 heterocycles. The number of fused-ring (bicyclic) bond motifs is 1. The molecule has 0 aromatic carbocycles. The number of rotatable bonds is 3. The number of imidazole rings is 1. The van der Waals surface area contributed by atoms with Gasteiger partial charge in [0.2, 0.25) is 0 Å². The van der Waals surface area contributed by atoms with Crippen LogP contribution < -0.4 is 0 Å². The van der Waals surface area contributed by atoms with Gasteiger partial charge in [0.15, 0.2) is 5.65 Å². The predicted octanol–water partition coefficient (Wildman–Crippen LogP) is 1.87. The summed E-state index contributed by atoms with van der Waals surface area (Å²) in [4.78, 5) is 12.4. The van der Waals surface area contributed by atoms with Gasteiger partial charge in [-0.15, -0.1) is 0 Å². The van der Waals surface area contributed by atoms with E-state index in [2.05, 4.69) is 33.4 Å². The van der Waals surface area contributed by atoms with Gasteiger partial charge < -0.3 is 4.57 Å². The normalized spacial score (nSPS) is 11.4. The molecule has 2 aromatic heterocycles. The maximum absolute atomic E-state index is 4.23. The van der Waals surface area contributed by atoms with Crippen LogP contribution in [0.1, 0.15) is 20.3 Å². The zero-order valence-electron chi connectivity index (χ0n) is 8.51. The first-order valence-electron chi connectivity index (χ1n) is 4.88. The predicted molar refractivity (Wildman–Crippen MR) is 54.8 cm³/mol. The largest absolute Gasteiger partial charge is 0.315 e. The molecule has 0 saturated heterocycles. The third-order valence-corrected chi connectivity index (χ3v) is 2.23. The summed E-state index contributed by atoms with van der Waals surface area (Å²) in [6, 6.07) is 0. The summed E-state index contributed by atoms with van der Waals surface area (Å²) in [7, 11) is 0. The molecule has 14 heavy (non-hydrogen) atoms. The van der Waals surface area contributed by atoms with Crippen LogP contribution in [0.5, 0.6) is 0 Å². The second-order valence-electron chi connectivity index (χ2n) is 3.85. The van der Waals surface area contributed by atoms with Crippen molar-refractivity contribution in [3.05, 3.63) is 18.9 Å². The molecule has 0 amide bonds. The Hall–Kier alpha value is -1.45. The molecule has 2 rings (SSSR count). The van der Waals surface area contributed by atoms with Crippen molar-refractivity contribution in [2.75, 3.05) is 0 Å². The van der Waals surface area contributed by atoms with Crippen molar-refractivity contribution in [3.63, 3.8) is 0 Å². The van der Waals surface area contributed by atoms with Gasteiger partial charge in [0, 0.05) is 6.54 Å². The molecule has 0 fully saturated rings. The van der Waals surface area contributed by atoms with E-state index in [1.165, 1.54) is 0 Å². The Morgan fingerprint density at radius 2 is 2.21 bits per heavy atom. The van der Waals surface area contributed by atoms with Gasteiger partial charge >= 0.3 is 0 Å². The summed E-state index contributed by atoms with van der Waals surface area (Å²) >= 11 is 0. The quantitative estimate of drug-likeness (QED) is 0.742. The van der Waals surface area contributed by atoms with E-state index in [9.17, 15) is 0 Å². The lowest BCUT2D eigenvalue weighted by atomic mass is 10.1. The number of aryl methyl sites for hydroxylation is 1. The summed E-state index contributed by atoms with van der Waals surface area (Å²) in [5.41, 5.74) is 1.80. The maximum Gasteiger partial charge on any atom is 0.163 e. The van der Waals surface area contributed by atoms with Crippen LogP contribution in [0.4, 0.5) is 0 Å². The zero-order valence-corrected chi connectivity index (χ0v) is 8.51. The second kappa shape index (κ2) is 3.74. The zero-order chi connectivity index (χ0) is 9.97. The van der Waals surface area contributed by atoms with E-state index in [1.54, 1.807) is 12.5 Å². The molecule has 0 unspecified atom stereocenters. The summed E-state index contributed by atoms with van der Waals surface area (Å²) < 4.78 is 2.08. The van der Waals surface area contributed by atoms with Gasteiger partial charge in [-0.1, -0.05) is 13.8 Å². The lowest BCUT2D eigenvalue weighted by Gasteiger charge is -2.05. The van der Waals surface area contributed by atoms with Gasteiger partial charge in [-0.2, -0.15) is 0 Å². The van der Waals surface area contributed by atoms with E-state index in [1.807, 2.05) is 6.33 Å². The number of nitrogens with zero attached hydrogens (tertiary/aromatic N) is 4. The fraction of sp³-hybridized carbons (Fsp3) is 0.500. The van der Waals surface area contributed by atoms with Crippen LogP contribution in [0.25, 0.3) is 11.2 Å². The second-order valence-corrected chi connectivity index (χ2v) is 3.85. The van der Waals surface area contributed by atoms with Gasteiger partial charge in [-0.25, -0.2) is 15.0 Å². The Labute approximate surface area is 83.0 Å². The number of aromatic nitrogens is 4. The van der Waals surface area contributed by atoms with Gasteiger partial charge in [-0.3, -0.25) is 0 Å². The Morgan fingerprint density at radius 3 is 3.00 bits per heavy atom. The highest BCUT2D eigenvalue weighted by Gasteiger charge is 2.03. The van der Waals surface area contributed by atoms with Gasteiger partial charge in [-0.05, 0) is 12.3 Å². The fourth-order valence-corrected chi connectivity index (χ4v) is 1.38. The van der Waals surface area contributed by atoms with Crippen LogP contribution in [0.15, 0.2) is 18.9 Å². The average Bonchev–Trinajstić information content (AvgIpc) is 2.58. The van der Waals surface area contributed by atoms with E-state index < -0.39 is 0 Å². The van der Waals surface area contributed by atoms with E-state index in [0.29, 0.717) is 5.92 Å². The summed E-state index contributed by atoms with van der Waals surface area (Å²) in [6.45, 7) is 5.41. The van der Waals surface area contributed by atoms with Crippen molar-refractivity contribution in [1.82, 2.24) is 19.5 Å². The monoisotopic (exact) mass is 190 g/mol. The molecule has 0 aliphatic carbocycles. The fourth-order valence-electron chi connectivity index (χ4n) is 1.38. The highest BCUT2D eigenvalue weighted by molar-refractivity contribution is 5.68. The molecule has 0 saturated carbocycles. The van der Waals surface area contributed by atoms with Crippen LogP contribution in [0.3, 0.4) is 0 Å². The van der Waals surface area contributed by atoms with Crippen LogP contribution in [0, 0.1) is 5.92 Å². The molecule has 0 bridgehead atoms. The molecule has 0 radical (unpaired) electrons. The smallest absolute Gasteiger partial charge is 0.163 e. The highest BCUT2D eigenvalue weighted by Crippen LogP contribution is 2.10. The van der Waals surface area contributed by atoms with E-state index in [0.717, 1.165) is 24.1 Å². The molecule has 0 spiro atoms. The lowest BCUT2D eigenvalue weighted by Crippen LogP contribution is -2.00. The van der Waals surface area contributed by atoms with Crippen LogP contribution in [-0.2, 0) is 6.54 Å². The molecule has 4 nitrogen and oxygen atoms in total. The molecule has 74 valence electrons. The first-order valence-corrected chi connectivity index (χ1v) is 4.88. The van der Waals surface area contributed by atoms with Gasteiger partial charge in [0.1, 0.15) is 11.8 Å². The Morgan fingerprint density at radius 1 is 1.36 bits per heavy atom. The molecule has 0 aliphatic rings. The van der Waals surface area contributed by atoms with Crippen molar-refractivity contribution in [2.24, 2.45) is 5.92 Å². The molecule has 0 aliphatic heterocycles. The molecule has 0 atom stereocenters. The summed E-state index contributed by atoms with van der Waals surface area (Å²) in [6.07, 6.45) is 6.29. The standard InChI is InChI=1S/C10H14N4/c1-8(2)3-4-14-7-13-9-5-11-6-12-10(9)14/h5-8H,3-4H2,1-2H3. The molecular formula is C10H14N4. The Kier molecular flexibility index (Phi) is 2.43. The van der Waals surface area contributed by atoms with Gasteiger partial charge in [0.05, 0.1) is 12.5 Å². The Balaban J connectivity index is 2.25. The maximum atomic E-state index is 4.23. The summed E-state index contributed by atoms with van der Waals surface area (Å²) in [5, 5.41) is 0. The number of hydrogen-bond donors (Lipinski definition) is 0. The van der Waals surface area contributed by atoms with Crippen LogP contribution >= 0.6 is 0 Å². The minimum Gasteiger partial charge on any atom is -0.315 e. The van der Waals surface area contributed by atoms with Gasteiger partial charge in [0.25, 0.3) is 0 Å². The average molecular weight is 190 g/mol. The van der Waals surface area contributed by atoms with E-state index >= 15 is 0 Å². The van der Waals surface area contributed by atoms with Crippen molar-refractivity contribution in [1.29, 1.82) is 0 Å². The highest BCUT2D eigenvalue weighted by atomic mass is 15.1.